The van der Waals surface area contributed by atoms with Gasteiger partial charge in [0.1, 0.15) is 0 Å². The minimum absolute atomic E-state index is 0.330. The minimum Gasteiger partial charge on any atom is -0.329 e. The molecule has 2 N–H and O–H groups in total. The van der Waals surface area contributed by atoms with Crippen molar-refractivity contribution >= 4 is 0 Å². The maximum atomic E-state index is 6.10. The van der Waals surface area contributed by atoms with Crippen LogP contribution in [0.4, 0.5) is 0 Å². The summed E-state index contributed by atoms with van der Waals surface area (Å²) in [6.45, 7) is 8.81. The van der Waals surface area contributed by atoms with Crippen molar-refractivity contribution in [3.63, 3.8) is 0 Å². The average molecular weight is 291 g/mol. The number of nitrogens with zero attached hydrogens (tertiary/aromatic N) is 4. The first-order chi connectivity index (χ1) is 10.2. The van der Waals surface area contributed by atoms with Gasteiger partial charge in [-0.25, -0.2) is 0 Å². The third kappa shape index (κ3) is 3.47. The van der Waals surface area contributed by atoms with E-state index in [4.69, 9.17) is 5.73 Å². The van der Waals surface area contributed by atoms with Gasteiger partial charge in [-0.3, -0.25) is 9.58 Å². The molecule has 1 aromatic rings. The van der Waals surface area contributed by atoms with Gasteiger partial charge in [-0.2, -0.15) is 5.10 Å². The fraction of sp³-hybridized carbons (Fsp3) is 0.812. The molecule has 1 unspecified atom stereocenters. The predicted molar refractivity (Wildman–Crippen MR) is 85.1 cm³/mol. The van der Waals surface area contributed by atoms with Gasteiger partial charge in [0.2, 0.25) is 0 Å². The summed E-state index contributed by atoms with van der Waals surface area (Å²) in [6.07, 6.45) is 6.03. The molecule has 1 aliphatic carbocycles. The molecule has 1 aromatic heterocycles. The third-order valence-corrected chi connectivity index (χ3v) is 4.92. The zero-order valence-electron chi connectivity index (χ0n) is 13.5. The van der Waals surface area contributed by atoms with Crippen LogP contribution in [0, 0.1) is 5.92 Å². The number of rotatable bonds is 6. The molecular weight excluding hydrogens is 262 g/mol. The topological polar surface area (TPSA) is 50.3 Å². The lowest BCUT2D eigenvalue weighted by molar-refractivity contribution is 0.0952. The summed E-state index contributed by atoms with van der Waals surface area (Å²) in [4.78, 5) is 5.19. The third-order valence-electron chi connectivity index (χ3n) is 4.92. The van der Waals surface area contributed by atoms with Gasteiger partial charge in [-0.1, -0.05) is 6.92 Å². The molecule has 21 heavy (non-hydrogen) atoms. The number of aryl methyl sites for hydroxylation is 2. The second-order valence-electron chi connectivity index (χ2n) is 6.59. The van der Waals surface area contributed by atoms with Crippen LogP contribution >= 0.6 is 0 Å². The standard InChI is InChI=1S/C16H29N5/c1-3-15-14(12-19(2)18-15)16(10-17)21-8-6-20(7-9-21)11-13-4-5-13/h12-13,16H,3-11,17H2,1-2H3. The largest absolute Gasteiger partial charge is 0.329 e. The van der Waals surface area contributed by atoms with E-state index in [0.29, 0.717) is 12.6 Å². The van der Waals surface area contributed by atoms with Gasteiger partial charge in [-0.15, -0.1) is 0 Å². The van der Waals surface area contributed by atoms with Gasteiger partial charge >= 0.3 is 0 Å². The van der Waals surface area contributed by atoms with Crippen molar-refractivity contribution in [2.45, 2.75) is 32.2 Å². The molecule has 0 bridgehead atoms. The summed E-state index contributed by atoms with van der Waals surface area (Å²) in [5, 5.41) is 4.58. The zero-order valence-corrected chi connectivity index (χ0v) is 13.5. The number of hydrogen-bond acceptors (Lipinski definition) is 4. The highest BCUT2D eigenvalue weighted by molar-refractivity contribution is 5.22. The van der Waals surface area contributed by atoms with Gasteiger partial charge in [0.05, 0.1) is 11.7 Å². The van der Waals surface area contributed by atoms with E-state index in [2.05, 4.69) is 28.0 Å². The highest BCUT2D eigenvalue weighted by atomic mass is 15.3. The van der Waals surface area contributed by atoms with E-state index < -0.39 is 0 Å². The summed E-state index contributed by atoms with van der Waals surface area (Å²) < 4.78 is 1.93. The summed E-state index contributed by atoms with van der Waals surface area (Å²) in [5.74, 6) is 0.992. The summed E-state index contributed by atoms with van der Waals surface area (Å²) in [7, 11) is 2.00. The Morgan fingerprint density at radius 2 is 2.00 bits per heavy atom. The molecule has 2 heterocycles. The SMILES string of the molecule is CCc1nn(C)cc1C(CN)N1CCN(CC2CC2)CC1. The van der Waals surface area contributed by atoms with Crippen molar-refractivity contribution < 1.29 is 0 Å². The minimum atomic E-state index is 0.330. The molecule has 1 saturated heterocycles. The lowest BCUT2D eigenvalue weighted by atomic mass is 10.0. The lowest BCUT2D eigenvalue weighted by Gasteiger charge is -2.39. The molecule has 118 valence electrons. The normalized spacial score (nSPS) is 22.6. The first-order valence-corrected chi connectivity index (χ1v) is 8.40. The monoisotopic (exact) mass is 291 g/mol. The van der Waals surface area contributed by atoms with Crippen LogP contribution in [0.3, 0.4) is 0 Å². The van der Waals surface area contributed by atoms with E-state index in [1.54, 1.807) is 0 Å². The Morgan fingerprint density at radius 3 is 2.57 bits per heavy atom. The second-order valence-corrected chi connectivity index (χ2v) is 6.59. The molecule has 0 spiro atoms. The Labute approximate surface area is 128 Å². The molecular formula is C16H29N5. The van der Waals surface area contributed by atoms with Gasteiger partial charge in [0.15, 0.2) is 0 Å². The number of piperazine rings is 1. The Balaban J connectivity index is 1.63. The molecule has 5 heteroatoms. The quantitative estimate of drug-likeness (QED) is 0.850. The van der Waals surface area contributed by atoms with Crippen LogP contribution in [0.25, 0.3) is 0 Å². The Hall–Kier alpha value is -0.910. The average Bonchev–Trinajstić information content (AvgIpc) is 3.23. The van der Waals surface area contributed by atoms with Gasteiger partial charge < -0.3 is 10.6 Å². The Kier molecular flexibility index (Phi) is 4.62. The second kappa shape index (κ2) is 6.46. The van der Waals surface area contributed by atoms with Gasteiger partial charge in [0.25, 0.3) is 0 Å². The zero-order chi connectivity index (χ0) is 14.8. The fourth-order valence-electron chi connectivity index (χ4n) is 3.50. The van der Waals surface area contributed by atoms with E-state index >= 15 is 0 Å². The summed E-state index contributed by atoms with van der Waals surface area (Å²) in [6, 6.07) is 0.330. The number of nitrogens with two attached hydrogens (primary N) is 1. The molecule has 3 rings (SSSR count). The highest BCUT2D eigenvalue weighted by Gasteiger charge is 2.29. The van der Waals surface area contributed by atoms with E-state index in [0.717, 1.165) is 25.4 Å². The first kappa shape index (κ1) is 15.0. The van der Waals surface area contributed by atoms with Crippen molar-refractivity contribution in [3.8, 4) is 0 Å². The van der Waals surface area contributed by atoms with Crippen LogP contribution in [-0.4, -0.2) is 58.8 Å². The van der Waals surface area contributed by atoms with Crippen molar-refractivity contribution in [3.05, 3.63) is 17.5 Å². The van der Waals surface area contributed by atoms with Gasteiger partial charge in [-0.05, 0) is 25.2 Å². The molecule has 0 aromatic carbocycles. The predicted octanol–water partition coefficient (Wildman–Crippen LogP) is 1.01. The van der Waals surface area contributed by atoms with Crippen LogP contribution in [-0.2, 0) is 13.5 Å². The van der Waals surface area contributed by atoms with Crippen molar-refractivity contribution in [1.82, 2.24) is 19.6 Å². The van der Waals surface area contributed by atoms with Crippen molar-refractivity contribution in [1.29, 1.82) is 0 Å². The Morgan fingerprint density at radius 1 is 1.29 bits per heavy atom. The lowest BCUT2D eigenvalue weighted by Crippen LogP contribution is -2.49. The number of hydrogen-bond donors (Lipinski definition) is 1. The van der Waals surface area contributed by atoms with Crippen LogP contribution in [0.5, 0.6) is 0 Å². The van der Waals surface area contributed by atoms with Crippen LogP contribution in [0.15, 0.2) is 6.20 Å². The molecule has 2 aliphatic rings. The van der Waals surface area contributed by atoms with Crippen LogP contribution < -0.4 is 5.73 Å². The molecule has 2 fully saturated rings. The first-order valence-electron chi connectivity index (χ1n) is 8.40. The van der Waals surface area contributed by atoms with E-state index in [9.17, 15) is 0 Å². The highest BCUT2D eigenvalue weighted by Crippen LogP contribution is 2.30. The van der Waals surface area contributed by atoms with Crippen molar-refractivity contribution in [2.24, 2.45) is 18.7 Å². The van der Waals surface area contributed by atoms with Crippen LogP contribution in [0.2, 0.25) is 0 Å². The van der Waals surface area contributed by atoms with E-state index in [1.807, 2.05) is 11.7 Å². The molecule has 0 amide bonds. The maximum Gasteiger partial charge on any atom is 0.0670 e. The number of aromatic nitrogens is 2. The van der Waals surface area contributed by atoms with E-state index in [1.165, 1.54) is 43.7 Å². The fourth-order valence-corrected chi connectivity index (χ4v) is 3.50. The Bertz CT molecular complexity index is 457. The molecule has 1 atom stereocenters. The smallest absolute Gasteiger partial charge is 0.0670 e. The molecule has 1 saturated carbocycles. The van der Waals surface area contributed by atoms with E-state index in [-0.39, 0.29) is 0 Å². The molecule has 5 nitrogen and oxygen atoms in total. The van der Waals surface area contributed by atoms with Gasteiger partial charge in [0, 0.05) is 58.1 Å². The van der Waals surface area contributed by atoms with Crippen molar-refractivity contribution in [2.75, 3.05) is 39.3 Å². The molecule has 1 aliphatic heterocycles. The van der Waals surface area contributed by atoms with Crippen LogP contribution in [0.1, 0.15) is 37.1 Å². The summed E-state index contributed by atoms with van der Waals surface area (Å²) >= 11 is 0. The summed E-state index contributed by atoms with van der Waals surface area (Å²) in [5.41, 5.74) is 8.64. The maximum absolute atomic E-state index is 6.10. The molecule has 0 radical (unpaired) electrons.